The highest BCUT2D eigenvalue weighted by Gasteiger charge is 2.42. The van der Waals surface area contributed by atoms with Gasteiger partial charge in [-0.2, -0.15) is 13.2 Å². The lowest BCUT2D eigenvalue weighted by Crippen LogP contribution is -2.51. The molecule has 2 amide bonds. The maximum absolute atomic E-state index is 13.9. The number of carbonyl (C=O) groups excluding carboxylic acids is 2. The number of aromatic nitrogens is 4. The second kappa shape index (κ2) is 12.0. The molecule has 0 spiro atoms. The molecular formula is C36H44F3N7O3. The number of halogens is 3. The molecule has 1 aliphatic heterocycles. The van der Waals surface area contributed by atoms with Crippen LogP contribution in [0.15, 0.2) is 30.3 Å². The molecule has 4 aromatic rings. The second-order valence-electron chi connectivity index (χ2n) is 15.0. The molecule has 3 aliphatic rings. The largest absolute Gasteiger partial charge is 0.494 e. The van der Waals surface area contributed by atoms with Crippen molar-refractivity contribution in [1.82, 2.24) is 29.3 Å². The Morgan fingerprint density at radius 1 is 1.10 bits per heavy atom. The molecule has 13 heteroatoms. The lowest BCUT2D eigenvalue weighted by atomic mass is 9.87. The molecular weight excluding hydrogens is 635 g/mol. The summed E-state index contributed by atoms with van der Waals surface area (Å²) in [7, 11) is 3.52. The van der Waals surface area contributed by atoms with Crippen molar-refractivity contribution in [3.63, 3.8) is 0 Å². The van der Waals surface area contributed by atoms with Gasteiger partial charge in [-0.15, -0.1) is 0 Å². The Bertz CT molecular complexity index is 1940. The maximum atomic E-state index is 13.9. The number of likely N-dealkylation sites (tertiary alicyclic amines) is 1. The van der Waals surface area contributed by atoms with E-state index in [9.17, 15) is 22.8 Å². The molecule has 3 fully saturated rings. The van der Waals surface area contributed by atoms with Gasteiger partial charge in [-0.25, -0.2) is 9.97 Å². The quantitative estimate of drug-likeness (QED) is 0.220. The van der Waals surface area contributed by atoms with Crippen LogP contribution in [0.3, 0.4) is 0 Å². The van der Waals surface area contributed by atoms with Gasteiger partial charge >= 0.3 is 6.18 Å². The first-order chi connectivity index (χ1) is 23.1. The van der Waals surface area contributed by atoms with E-state index in [1.54, 1.807) is 26.2 Å². The Hall–Kier alpha value is -4.13. The van der Waals surface area contributed by atoms with Crippen LogP contribution in [0.2, 0.25) is 0 Å². The molecule has 2 saturated carbocycles. The van der Waals surface area contributed by atoms with E-state index in [2.05, 4.69) is 9.88 Å². The summed E-state index contributed by atoms with van der Waals surface area (Å²) in [6, 6.07) is 8.96. The molecule has 2 bridgehead atoms. The number of nitrogens with two attached hydrogens (primary N) is 1. The zero-order valence-corrected chi connectivity index (χ0v) is 28.6. The molecule has 4 heterocycles. The topological polar surface area (TPSA) is 120 Å². The number of hydrogen-bond acceptors (Lipinski definition) is 6. The second-order valence-corrected chi connectivity index (χ2v) is 15.0. The van der Waals surface area contributed by atoms with Crippen LogP contribution in [0, 0.1) is 17.3 Å². The third-order valence-corrected chi connectivity index (χ3v) is 10.7. The lowest BCUT2D eigenvalue weighted by Gasteiger charge is -2.37. The third kappa shape index (κ3) is 6.26. The van der Waals surface area contributed by atoms with Crippen molar-refractivity contribution >= 4 is 33.9 Å². The predicted molar refractivity (Wildman–Crippen MR) is 180 cm³/mol. The Morgan fingerprint density at radius 2 is 1.86 bits per heavy atom. The number of pyridine rings is 1. The third-order valence-electron chi connectivity index (χ3n) is 10.7. The smallest absolute Gasteiger partial charge is 0.390 e. The first-order valence-electron chi connectivity index (χ1n) is 17.1. The minimum absolute atomic E-state index is 0.0159. The summed E-state index contributed by atoms with van der Waals surface area (Å²) in [5, 5.41) is 3.62. The minimum atomic E-state index is -4.46. The van der Waals surface area contributed by atoms with E-state index in [-0.39, 0.29) is 18.0 Å². The molecule has 7 rings (SSSR count). The van der Waals surface area contributed by atoms with Crippen LogP contribution in [0.25, 0.3) is 33.6 Å². The van der Waals surface area contributed by atoms with Gasteiger partial charge in [0.05, 0.1) is 41.9 Å². The molecule has 1 aromatic carbocycles. The molecule has 3 N–H and O–H groups in total. The highest BCUT2D eigenvalue weighted by Crippen LogP contribution is 2.40. The van der Waals surface area contributed by atoms with Crippen LogP contribution in [0.5, 0.6) is 5.75 Å². The first kappa shape index (κ1) is 33.4. The van der Waals surface area contributed by atoms with Gasteiger partial charge in [0.2, 0.25) is 5.91 Å². The van der Waals surface area contributed by atoms with E-state index in [0.717, 1.165) is 55.2 Å². The number of benzene rings is 1. The molecule has 0 unspecified atom stereocenters. The van der Waals surface area contributed by atoms with Gasteiger partial charge in [0.25, 0.3) is 5.91 Å². The Balaban J connectivity index is 1.24. The normalized spacial score (nSPS) is 21.8. The van der Waals surface area contributed by atoms with Crippen molar-refractivity contribution in [2.75, 3.05) is 13.7 Å². The number of methoxy groups -OCH3 is 1. The summed E-state index contributed by atoms with van der Waals surface area (Å²) in [6.07, 6.45) is -0.501. The van der Waals surface area contributed by atoms with E-state index in [1.807, 2.05) is 34.7 Å². The summed E-state index contributed by atoms with van der Waals surface area (Å²) in [5.41, 5.74) is 8.83. The van der Waals surface area contributed by atoms with E-state index in [0.29, 0.717) is 52.4 Å². The number of amides is 2. The fraction of sp³-hybridized carbons (Fsp3) is 0.556. The maximum Gasteiger partial charge on any atom is 0.390 e. The van der Waals surface area contributed by atoms with Crippen molar-refractivity contribution in [3.8, 4) is 17.3 Å². The van der Waals surface area contributed by atoms with E-state index >= 15 is 0 Å². The number of fused-ring (bicyclic) bond motifs is 4. The average molecular weight is 680 g/mol. The summed E-state index contributed by atoms with van der Waals surface area (Å²) in [4.78, 5) is 38.7. The number of hydrogen-bond donors (Lipinski definition) is 2. The van der Waals surface area contributed by atoms with Crippen molar-refractivity contribution in [2.45, 2.75) is 90.1 Å². The lowest BCUT2D eigenvalue weighted by molar-refractivity contribution is -0.165. The summed E-state index contributed by atoms with van der Waals surface area (Å²) < 4.78 is 49.3. The standard InChI is InChI=1S/C36H44F3N7O3/c1-19(41-34(48)35(2,3)18-36(37,38)39)26-11-9-22-14-28(46(31(22)42-26)16-20-6-7-20)32-43-27-13-23(15-29(49-5)30(27)44(32)4)33(47)45-17-25(40)21-8-10-24(45)12-21/h9,11,13-15,19-21,24-25H,6-8,10,12,16-18,40H2,1-5H3,(H,41,48)/t19-,21-,24+,25+/m1/s1. The van der Waals surface area contributed by atoms with E-state index < -0.39 is 30.0 Å². The number of nitrogens with one attached hydrogen (secondary N) is 1. The Kier molecular flexibility index (Phi) is 8.19. The molecule has 10 nitrogen and oxygen atoms in total. The molecule has 1 saturated heterocycles. The number of carbonyl (C=O) groups is 2. The summed E-state index contributed by atoms with van der Waals surface area (Å²) in [5.74, 6) is 1.46. The molecule has 2 aliphatic carbocycles. The number of alkyl halides is 3. The number of ether oxygens (including phenoxy) is 1. The number of rotatable bonds is 9. The van der Waals surface area contributed by atoms with Crippen LogP contribution in [0.4, 0.5) is 13.2 Å². The van der Waals surface area contributed by atoms with Gasteiger partial charge < -0.3 is 29.8 Å². The molecule has 0 radical (unpaired) electrons. The van der Waals surface area contributed by atoms with Gasteiger partial charge in [-0.05, 0) is 81.2 Å². The number of imidazole rings is 1. The van der Waals surface area contributed by atoms with Crippen LogP contribution < -0.4 is 15.8 Å². The van der Waals surface area contributed by atoms with Crippen LogP contribution in [-0.4, -0.2) is 67.7 Å². The summed E-state index contributed by atoms with van der Waals surface area (Å²) in [6.45, 7) is 5.58. The first-order valence-corrected chi connectivity index (χ1v) is 17.1. The minimum Gasteiger partial charge on any atom is -0.494 e. The van der Waals surface area contributed by atoms with Crippen LogP contribution in [0.1, 0.15) is 81.4 Å². The predicted octanol–water partition coefficient (Wildman–Crippen LogP) is 6.12. The highest BCUT2D eigenvalue weighted by molar-refractivity contribution is 6.00. The fourth-order valence-corrected chi connectivity index (χ4v) is 7.78. The van der Waals surface area contributed by atoms with Gasteiger partial charge in [-0.3, -0.25) is 9.59 Å². The zero-order valence-electron chi connectivity index (χ0n) is 28.6. The molecule has 49 heavy (non-hydrogen) atoms. The van der Waals surface area contributed by atoms with E-state index in [4.69, 9.17) is 20.4 Å². The van der Waals surface area contributed by atoms with Crippen LogP contribution >= 0.6 is 0 Å². The highest BCUT2D eigenvalue weighted by atomic mass is 19.4. The Labute approximate surface area is 283 Å². The van der Waals surface area contributed by atoms with Crippen LogP contribution in [-0.2, 0) is 18.4 Å². The SMILES string of the molecule is COc1cc(C(=O)N2C[C@H](N)[C@@H]3CC[C@H]2C3)cc2nc(-c3cc4ccc([C@@H](C)NC(=O)C(C)(C)CC(F)(F)F)nc4n3CC3CC3)n(C)c12. The molecule has 4 atom stereocenters. The van der Waals surface area contributed by atoms with Gasteiger partial charge in [0.1, 0.15) is 16.9 Å². The number of nitrogens with zero attached hydrogens (tertiary/aromatic N) is 5. The van der Waals surface area contributed by atoms with Gasteiger partial charge in [0, 0.05) is 43.2 Å². The van der Waals surface area contributed by atoms with Gasteiger partial charge in [-0.1, -0.05) is 13.8 Å². The summed E-state index contributed by atoms with van der Waals surface area (Å²) >= 11 is 0. The monoisotopic (exact) mass is 679 g/mol. The number of piperidine rings is 1. The van der Waals surface area contributed by atoms with Gasteiger partial charge in [0.15, 0.2) is 5.82 Å². The number of aryl methyl sites for hydroxylation is 1. The zero-order chi connectivity index (χ0) is 35.0. The molecule has 262 valence electrons. The van der Waals surface area contributed by atoms with Crippen molar-refractivity contribution < 1.29 is 27.5 Å². The average Bonchev–Trinajstić information content (AvgIpc) is 3.50. The van der Waals surface area contributed by atoms with E-state index in [1.165, 1.54) is 13.8 Å². The van der Waals surface area contributed by atoms with Crippen molar-refractivity contribution in [2.24, 2.45) is 30.0 Å². The fourth-order valence-electron chi connectivity index (χ4n) is 7.78. The van der Waals surface area contributed by atoms with Crippen molar-refractivity contribution in [3.05, 3.63) is 41.6 Å². The molecule has 3 aromatic heterocycles. The Morgan fingerprint density at radius 3 is 2.55 bits per heavy atom. The van der Waals surface area contributed by atoms with Crippen molar-refractivity contribution in [1.29, 1.82) is 0 Å².